The van der Waals surface area contributed by atoms with Gasteiger partial charge in [0.15, 0.2) is 0 Å². The van der Waals surface area contributed by atoms with Crippen molar-refractivity contribution in [3.63, 3.8) is 0 Å². The maximum Gasteiger partial charge on any atom is 0.216 e. The summed E-state index contributed by atoms with van der Waals surface area (Å²) in [7, 11) is 0. The van der Waals surface area contributed by atoms with Crippen LogP contribution in [0, 0.1) is 0 Å². The topological polar surface area (TPSA) is 34.1 Å². The van der Waals surface area contributed by atoms with Gasteiger partial charge in [0.2, 0.25) is 10.2 Å². The van der Waals surface area contributed by atoms with Crippen LogP contribution in [0.3, 0.4) is 0 Å². The van der Waals surface area contributed by atoms with Crippen molar-refractivity contribution in [1.29, 1.82) is 0 Å². The van der Waals surface area contributed by atoms with Gasteiger partial charge in [-0.2, -0.15) is 0 Å². The average molecular weight is 250 g/mol. The molecule has 4 heteroatoms. The quantitative estimate of drug-likeness (QED) is 0.606. The zero-order valence-electron chi connectivity index (χ0n) is 8.51. The van der Waals surface area contributed by atoms with Gasteiger partial charge in [0.25, 0.3) is 0 Å². The standard InChI is InChI=1S/C12H10O2S2/c1-3-11(13)15-9-7-5-6-8-10(9)16-12(14)4-2/h3-8H,1-2H2. The second-order valence-corrected chi connectivity index (χ2v) is 4.79. The number of hydrogen-bond donors (Lipinski definition) is 0. The summed E-state index contributed by atoms with van der Waals surface area (Å²) < 4.78 is 0. The van der Waals surface area contributed by atoms with Crippen molar-refractivity contribution in [1.82, 2.24) is 0 Å². The number of carbonyl (C=O) groups excluding carboxylic acids is 2. The van der Waals surface area contributed by atoms with E-state index in [0.717, 1.165) is 33.3 Å². The molecule has 0 spiro atoms. The van der Waals surface area contributed by atoms with Gasteiger partial charge in [-0.1, -0.05) is 25.3 Å². The molecule has 82 valence electrons. The highest BCUT2D eigenvalue weighted by Gasteiger charge is 2.09. The molecule has 0 N–H and O–H groups in total. The molecular formula is C12H10O2S2. The zero-order valence-corrected chi connectivity index (χ0v) is 10.1. The number of thioether (sulfide) groups is 2. The highest BCUT2D eigenvalue weighted by molar-refractivity contribution is 8.16. The third-order valence-corrected chi connectivity index (χ3v) is 3.62. The molecule has 2 nitrogen and oxygen atoms in total. The molecule has 0 atom stereocenters. The predicted octanol–water partition coefficient (Wildman–Crippen LogP) is 3.30. The number of rotatable bonds is 4. The minimum Gasteiger partial charge on any atom is -0.282 e. The lowest BCUT2D eigenvalue weighted by Crippen LogP contribution is -1.89. The van der Waals surface area contributed by atoms with Crippen molar-refractivity contribution >= 4 is 33.8 Å². The minimum atomic E-state index is -0.140. The molecule has 0 saturated carbocycles. The molecule has 1 aromatic carbocycles. The Bertz CT molecular complexity index is 397. The van der Waals surface area contributed by atoms with Crippen molar-refractivity contribution in [3.8, 4) is 0 Å². The smallest absolute Gasteiger partial charge is 0.216 e. The predicted molar refractivity (Wildman–Crippen MR) is 68.6 cm³/mol. The van der Waals surface area contributed by atoms with E-state index in [0.29, 0.717) is 0 Å². The van der Waals surface area contributed by atoms with E-state index >= 15 is 0 Å². The molecule has 0 heterocycles. The fraction of sp³-hybridized carbons (Fsp3) is 0. The van der Waals surface area contributed by atoms with Crippen LogP contribution in [0.5, 0.6) is 0 Å². The third-order valence-electron chi connectivity index (χ3n) is 1.60. The van der Waals surface area contributed by atoms with E-state index in [9.17, 15) is 9.59 Å². The number of carbonyl (C=O) groups is 2. The van der Waals surface area contributed by atoms with Gasteiger partial charge in [-0.15, -0.1) is 0 Å². The van der Waals surface area contributed by atoms with Gasteiger partial charge < -0.3 is 0 Å². The van der Waals surface area contributed by atoms with Gasteiger partial charge >= 0.3 is 0 Å². The van der Waals surface area contributed by atoms with Gasteiger partial charge in [-0.05, 0) is 47.8 Å². The molecule has 0 unspecified atom stereocenters. The van der Waals surface area contributed by atoms with Crippen molar-refractivity contribution in [2.75, 3.05) is 0 Å². The monoisotopic (exact) mass is 250 g/mol. The van der Waals surface area contributed by atoms with Crippen molar-refractivity contribution in [2.45, 2.75) is 9.79 Å². The van der Waals surface area contributed by atoms with Crippen molar-refractivity contribution in [2.24, 2.45) is 0 Å². The molecule has 0 bridgehead atoms. The highest BCUT2D eigenvalue weighted by Crippen LogP contribution is 2.31. The second kappa shape index (κ2) is 6.35. The van der Waals surface area contributed by atoms with Gasteiger partial charge in [-0.3, -0.25) is 9.59 Å². The normalized spacial score (nSPS) is 9.50. The van der Waals surface area contributed by atoms with Crippen molar-refractivity contribution in [3.05, 3.63) is 49.6 Å². The lowest BCUT2D eigenvalue weighted by atomic mass is 10.4. The van der Waals surface area contributed by atoms with Gasteiger partial charge in [0.05, 0.1) is 0 Å². The maximum atomic E-state index is 11.2. The summed E-state index contributed by atoms with van der Waals surface area (Å²) in [6, 6.07) is 7.23. The van der Waals surface area contributed by atoms with Crippen LogP contribution in [0.4, 0.5) is 0 Å². The second-order valence-electron chi connectivity index (χ2n) is 2.70. The zero-order chi connectivity index (χ0) is 12.0. The van der Waals surface area contributed by atoms with Gasteiger partial charge in [0, 0.05) is 9.79 Å². The van der Waals surface area contributed by atoms with E-state index in [4.69, 9.17) is 0 Å². The molecule has 0 fully saturated rings. The Morgan fingerprint density at radius 2 is 1.31 bits per heavy atom. The first-order chi connectivity index (χ1) is 7.67. The first-order valence-corrected chi connectivity index (χ1v) is 6.08. The van der Waals surface area contributed by atoms with Crippen LogP contribution in [0.25, 0.3) is 0 Å². The molecule has 0 amide bonds. The Labute approximate surface area is 103 Å². The van der Waals surface area contributed by atoms with Crippen LogP contribution in [-0.2, 0) is 9.59 Å². The summed E-state index contributed by atoms with van der Waals surface area (Å²) in [5, 5.41) is -0.279. The molecule has 16 heavy (non-hydrogen) atoms. The molecule has 1 aromatic rings. The molecule has 0 radical (unpaired) electrons. The van der Waals surface area contributed by atoms with Crippen LogP contribution in [0.15, 0.2) is 59.4 Å². The molecule has 0 aliphatic rings. The first kappa shape index (κ1) is 12.8. The molecule has 0 aliphatic heterocycles. The molecular weight excluding hydrogens is 240 g/mol. The Morgan fingerprint density at radius 3 is 1.62 bits per heavy atom. The summed E-state index contributed by atoms with van der Waals surface area (Å²) in [6.07, 6.45) is 2.50. The van der Waals surface area contributed by atoms with E-state index in [1.54, 1.807) is 12.1 Å². The van der Waals surface area contributed by atoms with Crippen LogP contribution in [0.2, 0.25) is 0 Å². The van der Waals surface area contributed by atoms with E-state index in [-0.39, 0.29) is 10.2 Å². The summed E-state index contributed by atoms with van der Waals surface area (Å²) in [5.74, 6) is 0. The molecule has 0 saturated heterocycles. The summed E-state index contributed by atoms with van der Waals surface area (Å²) in [4.78, 5) is 24.0. The van der Waals surface area contributed by atoms with E-state index in [1.165, 1.54) is 12.2 Å². The number of benzene rings is 1. The Balaban J connectivity index is 2.91. The van der Waals surface area contributed by atoms with Crippen LogP contribution in [-0.4, -0.2) is 10.2 Å². The van der Waals surface area contributed by atoms with Gasteiger partial charge in [0.1, 0.15) is 0 Å². The van der Waals surface area contributed by atoms with Crippen LogP contribution < -0.4 is 0 Å². The van der Waals surface area contributed by atoms with E-state index < -0.39 is 0 Å². The minimum absolute atomic E-state index is 0.140. The molecule has 1 rings (SSSR count). The summed E-state index contributed by atoms with van der Waals surface area (Å²) in [5.41, 5.74) is 0. The summed E-state index contributed by atoms with van der Waals surface area (Å²) in [6.45, 7) is 6.81. The number of hydrogen-bond acceptors (Lipinski definition) is 4. The third kappa shape index (κ3) is 3.72. The highest BCUT2D eigenvalue weighted by atomic mass is 32.2. The fourth-order valence-electron chi connectivity index (χ4n) is 0.919. The lowest BCUT2D eigenvalue weighted by molar-refractivity contribution is -0.107. The molecule has 0 aliphatic carbocycles. The SMILES string of the molecule is C=CC(=O)Sc1ccccc1SC(=O)C=C. The lowest BCUT2D eigenvalue weighted by Gasteiger charge is -2.04. The Morgan fingerprint density at radius 1 is 0.938 bits per heavy atom. The summed E-state index contributed by atoms with van der Waals surface area (Å²) >= 11 is 2.12. The van der Waals surface area contributed by atoms with E-state index in [1.807, 2.05) is 12.1 Å². The first-order valence-electron chi connectivity index (χ1n) is 4.45. The largest absolute Gasteiger partial charge is 0.282 e. The Hall–Kier alpha value is -1.26. The fourth-order valence-corrected chi connectivity index (χ4v) is 2.40. The van der Waals surface area contributed by atoms with Gasteiger partial charge in [-0.25, -0.2) is 0 Å². The van der Waals surface area contributed by atoms with E-state index in [2.05, 4.69) is 13.2 Å². The van der Waals surface area contributed by atoms with Crippen molar-refractivity contribution < 1.29 is 9.59 Å². The Kier molecular flexibility index (Phi) is 5.08. The maximum absolute atomic E-state index is 11.2. The van der Waals surface area contributed by atoms with Crippen LogP contribution >= 0.6 is 23.5 Å². The van der Waals surface area contributed by atoms with Crippen LogP contribution in [0.1, 0.15) is 0 Å². The molecule has 0 aromatic heterocycles. The average Bonchev–Trinajstić information content (AvgIpc) is 2.31.